The third-order valence-corrected chi connectivity index (χ3v) is 2.29. The van der Waals surface area contributed by atoms with Crippen LogP contribution in [-0.2, 0) is 4.79 Å². The van der Waals surface area contributed by atoms with Crippen LogP contribution >= 0.6 is 0 Å². The molecule has 0 radical (unpaired) electrons. The first-order chi connectivity index (χ1) is 6.66. The van der Waals surface area contributed by atoms with Gasteiger partial charge in [0, 0.05) is 24.7 Å². The highest BCUT2D eigenvalue weighted by molar-refractivity contribution is 5.96. The second-order valence-corrected chi connectivity index (χ2v) is 3.44. The SMILES string of the molecule is N[C@@H]1CC(=O)N(c2ccc(F)cc2)C1. The summed E-state index contributed by atoms with van der Waals surface area (Å²) in [5.41, 5.74) is 6.36. The van der Waals surface area contributed by atoms with Gasteiger partial charge in [-0.1, -0.05) is 0 Å². The van der Waals surface area contributed by atoms with Gasteiger partial charge in [-0.3, -0.25) is 4.79 Å². The van der Waals surface area contributed by atoms with Crippen molar-refractivity contribution in [3.05, 3.63) is 30.1 Å². The molecule has 4 heteroatoms. The standard InChI is InChI=1S/C10H11FN2O/c11-7-1-3-9(4-2-7)13-6-8(12)5-10(13)14/h1-4,8H,5-6,12H2/t8-/m1/s1. The van der Waals surface area contributed by atoms with E-state index in [4.69, 9.17) is 5.73 Å². The van der Waals surface area contributed by atoms with Crippen LogP contribution in [0.25, 0.3) is 0 Å². The third kappa shape index (κ3) is 1.61. The van der Waals surface area contributed by atoms with Gasteiger partial charge in [-0.2, -0.15) is 0 Å². The van der Waals surface area contributed by atoms with E-state index in [2.05, 4.69) is 0 Å². The van der Waals surface area contributed by atoms with Crippen molar-refractivity contribution >= 4 is 11.6 Å². The van der Waals surface area contributed by atoms with E-state index in [0.717, 1.165) is 0 Å². The van der Waals surface area contributed by atoms with Gasteiger partial charge in [-0.05, 0) is 24.3 Å². The number of nitrogens with zero attached hydrogens (tertiary/aromatic N) is 1. The van der Waals surface area contributed by atoms with E-state index in [9.17, 15) is 9.18 Å². The Morgan fingerprint density at radius 2 is 2.00 bits per heavy atom. The molecule has 74 valence electrons. The predicted octanol–water partition coefficient (Wildman–Crippen LogP) is 0.890. The summed E-state index contributed by atoms with van der Waals surface area (Å²) in [4.78, 5) is 13.0. The van der Waals surface area contributed by atoms with Crippen LogP contribution in [-0.4, -0.2) is 18.5 Å². The lowest BCUT2D eigenvalue weighted by Gasteiger charge is -2.15. The van der Waals surface area contributed by atoms with Gasteiger partial charge >= 0.3 is 0 Å². The zero-order valence-corrected chi connectivity index (χ0v) is 7.61. The van der Waals surface area contributed by atoms with Crippen LogP contribution in [0, 0.1) is 5.82 Å². The molecule has 2 N–H and O–H groups in total. The van der Waals surface area contributed by atoms with Gasteiger partial charge < -0.3 is 10.6 Å². The quantitative estimate of drug-likeness (QED) is 0.721. The second kappa shape index (κ2) is 3.38. The lowest BCUT2D eigenvalue weighted by Crippen LogP contribution is -2.27. The topological polar surface area (TPSA) is 46.3 Å². The number of nitrogens with two attached hydrogens (primary N) is 1. The number of anilines is 1. The van der Waals surface area contributed by atoms with Crippen molar-refractivity contribution in [3.8, 4) is 0 Å². The first kappa shape index (κ1) is 9.15. The van der Waals surface area contributed by atoms with Gasteiger partial charge in [0.15, 0.2) is 0 Å². The van der Waals surface area contributed by atoms with Crippen LogP contribution in [0.1, 0.15) is 6.42 Å². The first-order valence-electron chi connectivity index (χ1n) is 4.48. The van der Waals surface area contributed by atoms with Gasteiger partial charge in [0.25, 0.3) is 0 Å². The van der Waals surface area contributed by atoms with Crippen molar-refractivity contribution in [3.63, 3.8) is 0 Å². The molecular weight excluding hydrogens is 183 g/mol. The Bertz CT molecular complexity index is 350. The number of carbonyl (C=O) groups is 1. The smallest absolute Gasteiger partial charge is 0.228 e. The highest BCUT2D eigenvalue weighted by Crippen LogP contribution is 2.20. The average Bonchev–Trinajstić information content (AvgIpc) is 2.47. The lowest BCUT2D eigenvalue weighted by atomic mass is 10.3. The minimum absolute atomic E-state index is 0.00380. The molecule has 1 atom stereocenters. The van der Waals surface area contributed by atoms with E-state index in [0.29, 0.717) is 18.7 Å². The molecule has 1 aromatic carbocycles. The van der Waals surface area contributed by atoms with Crippen molar-refractivity contribution in [2.75, 3.05) is 11.4 Å². The van der Waals surface area contributed by atoms with Crippen LogP contribution in [0.5, 0.6) is 0 Å². The maximum atomic E-state index is 12.6. The average molecular weight is 194 g/mol. The zero-order chi connectivity index (χ0) is 10.1. The van der Waals surface area contributed by atoms with Crippen LogP contribution < -0.4 is 10.6 Å². The number of hydrogen-bond donors (Lipinski definition) is 1. The van der Waals surface area contributed by atoms with E-state index in [1.54, 1.807) is 17.0 Å². The summed E-state index contributed by atoms with van der Waals surface area (Å²) in [5.74, 6) is -0.297. The Hall–Kier alpha value is -1.42. The van der Waals surface area contributed by atoms with Crippen LogP contribution in [0.2, 0.25) is 0 Å². The Balaban J connectivity index is 2.23. The number of halogens is 1. The van der Waals surface area contributed by atoms with Crippen molar-refractivity contribution in [1.82, 2.24) is 0 Å². The van der Waals surface area contributed by atoms with Gasteiger partial charge in [0.05, 0.1) is 0 Å². The highest BCUT2D eigenvalue weighted by atomic mass is 19.1. The normalized spacial score (nSPS) is 21.7. The maximum absolute atomic E-state index is 12.6. The largest absolute Gasteiger partial charge is 0.326 e. The molecule has 3 nitrogen and oxygen atoms in total. The molecule has 0 spiro atoms. The summed E-state index contributed by atoms with van der Waals surface area (Å²) in [6.45, 7) is 0.518. The molecule has 14 heavy (non-hydrogen) atoms. The summed E-state index contributed by atoms with van der Waals surface area (Å²) < 4.78 is 12.6. The van der Waals surface area contributed by atoms with Crippen LogP contribution in [0.3, 0.4) is 0 Å². The number of amides is 1. The molecule has 1 saturated heterocycles. The van der Waals surface area contributed by atoms with Gasteiger partial charge in [-0.15, -0.1) is 0 Å². The lowest BCUT2D eigenvalue weighted by molar-refractivity contribution is -0.117. The number of benzene rings is 1. The molecule has 0 aliphatic carbocycles. The Morgan fingerprint density at radius 3 is 2.50 bits per heavy atom. The van der Waals surface area contributed by atoms with Crippen molar-refractivity contribution in [1.29, 1.82) is 0 Å². The van der Waals surface area contributed by atoms with Crippen molar-refractivity contribution < 1.29 is 9.18 Å². The van der Waals surface area contributed by atoms with Crippen molar-refractivity contribution in [2.24, 2.45) is 5.73 Å². The number of hydrogen-bond acceptors (Lipinski definition) is 2. The summed E-state index contributed by atoms with van der Waals surface area (Å²) in [5, 5.41) is 0. The Kier molecular flexibility index (Phi) is 2.21. The van der Waals surface area contributed by atoms with Crippen LogP contribution in [0.15, 0.2) is 24.3 Å². The molecule has 0 unspecified atom stereocenters. The molecule has 0 aromatic heterocycles. The molecule has 0 saturated carbocycles. The van der Waals surface area contributed by atoms with Gasteiger partial charge in [-0.25, -0.2) is 4.39 Å². The fourth-order valence-corrected chi connectivity index (χ4v) is 1.61. The maximum Gasteiger partial charge on any atom is 0.228 e. The van der Waals surface area contributed by atoms with E-state index in [-0.39, 0.29) is 17.8 Å². The minimum Gasteiger partial charge on any atom is -0.326 e. The third-order valence-electron chi connectivity index (χ3n) is 2.29. The Labute approximate surface area is 81.3 Å². The number of carbonyl (C=O) groups excluding carboxylic acids is 1. The number of rotatable bonds is 1. The molecular formula is C10H11FN2O. The molecule has 1 aliphatic rings. The van der Waals surface area contributed by atoms with Gasteiger partial charge in [0.1, 0.15) is 5.82 Å². The van der Waals surface area contributed by atoms with E-state index in [1.807, 2.05) is 0 Å². The first-order valence-corrected chi connectivity index (χ1v) is 4.48. The summed E-state index contributed by atoms with van der Waals surface area (Å²) in [6.07, 6.45) is 0.372. The fraction of sp³-hybridized carbons (Fsp3) is 0.300. The second-order valence-electron chi connectivity index (χ2n) is 3.44. The summed E-state index contributed by atoms with van der Waals surface area (Å²) in [7, 11) is 0. The molecule has 1 aliphatic heterocycles. The molecule has 1 heterocycles. The summed E-state index contributed by atoms with van der Waals surface area (Å²) in [6, 6.07) is 5.75. The monoisotopic (exact) mass is 194 g/mol. The molecule has 1 fully saturated rings. The molecule has 1 amide bonds. The Morgan fingerprint density at radius 1 is 1.36 bits per heavy atom. The summed E-state index contributed by atoms with van der Waals surface area (Å²) >= 11 is 0. The zero-order valence-electron chi connectivity index (χ0n) is 7.61. The van der Waals surface area contributed by atoms with Crippen molar-refractivity contribution in [2.45, 2.75) is 12.5 Å². The highest BCUT2D eigenvalue weighted by Gasteiger charge is 2.27. The predicted molar refractivity (Wildman–Crippen MR) is 51.3 cm³/mol. The van der Waals surface area contributed by atoms with Crippen LogP contribution in [0.4, 0.5) is 10.1 Å². The van der Waals surface area contributed by atoms with E-state index < -0.39 is 0 Å². The van der Waals surface area contributed by atoms with Gasteiger partial charge in [0.2, 0.25) is 5.91 Å². The minimum atomic E-state index is -0.301. The molecule has 0 bridgehead atoms. The van der Waals surface area contributed by atoms with E-state index in [1.165, 1.54) is 12.1 Å². The molecule has 2 rings (SSSR count). The fourth-order valence-electron chi connectivity index (χ4n) is 1.61. The van der Waals surface area contributed by atoms with E-state index >= 15 is 0 Å². The molecule has 1 aromatic rings.